The van der Waals surface area contributed by atoms with Crippen LogP contribution < -0.4 is 15.1 Å². The zero-order valence-electron chi connectivity index (χ0n) is 19.6. The Labute approximate surface area is 215 Å². The number of hydrogen-bond acceptors (Lipinski definition) is 6. The maximum Gasteiger partial charge on any atom is 0.225 e. The highest BCUT2D eigenvalue weighted by Crippen LogP contribution is 2.15. The molecular formula is C24H37IN8. The predicted molar refractivity (Wildman–Crippen MR) is 147 cm³/mol. The first-order valence-electron chi connectivity index (χ1n) is 11.9. The highest BCUT2D eigenvalue weighted by molar-refractivity contribution is 14.0. The molecular weight excluding hydrogens is 527 g/mol. The molecule has 33 heavy (non-hydrogen) atoms. The second-order valence-corrected chi connectivity index (χ2v) is 8.28. The number of aromatic nitrogens is 2. The Hall–Kier alpha value is -2.14. The van der Waals surface area contributed by atoms with E-state index in [0.717, 1.165) is 90.3 Å². The van der Waals surface area contributed by atoms with Crippen LogP contribution in [0.15, 0.2) is 53.8 Å². The molecule has 0 aliphatic carbocycles. The normalized spacial score (nSPS) is 17.6. The number of rotatable bonds is 7. The van der Waals surface area contributed by atoms with Gasteiger partial charge in [0.25, 0.3) is 0 Å². The first-order chi connectivity index (χ1) is 15.8. The third-order valence-corrected chi connectivity index (χ3v) is 6.14. The Morgan fingerprint density at radius 1 is 0.879 bits per heavy atom. The van der Waals surface area contributed by atoms with E-state index in [2.05, 4.69) is 72.1 Å². The van der Waals surface area contributed by atoms with Crippen LogP contribution in [0.25, 0.3) is 0 Å². The molecule has 0 unspecified atom stereocenters. The molecule has 3 heterocycles. The molecule has 0 spiro atoms. The summed E-state index contributed by atoms with van der Waals surface area (Å²) in [5.41, 5.74) is 1.34. The lowest BCUT2D eigenvalue weighted by Crippen LogP contribution is -2.53. The summed E-state index contributed by atoms with van der Waals surface area (Å²) in [6.07, 6.45) is 4.71. The second kappa shape index (κ2) is 13.5. The van der Waals surface area contributed by atoms with Gasteiger partial charge in [0.05, 0.1) is 0 Å². The monoisotopic (exact) mass is 564 g/mol. The van der Waals surface area contributed by atoms with E-state index in [-0.39, 0.29) is 24.0 Å². The number of para-hydroxylation sites is 1. The summed E-state index contributed by atoms with van der Waals surface area (Å²) >= 11 is 0. The molecule has 1 aromatic carbocycles. The van der Waals surface area contributed by atoms with Gasteiger partial charge in [0.1, 0.15) is 0 Å². The Bertz CT molecular complexity index is 819. The van der Waals surface area contributed by atoms with E-state index in [1.54, 1.807) is 0 Å². The molecule has 2 saturated heterocycles. The number of nitrogens with one attached hydrogen (secondary N) is 1. The maximum absolute atomic E-state index is 4.93. The minimum absolute atomic E-state index is 0. The first-order valence-corrected chi connectivity index (χ1v) is 11.9. The predicted octanol–water partition coefficient (Wildman–Crippen LogP) is 2.39. The molecule has 0 amide bonds. The lowest BCUT2D eigenvalue weighted by molar-refractivity contribution is 0.256. The number of halogens is 1. The summed E-state index contributed by atoms with van der Waals surface area (Å²) in [7, 11) is 0. The molecule has 2 aliphatic heterocycles. The van der Waals surface area contributed by atoms with Crippen molar-refractivity contribution in [2.75, 3.05) is 81.8 Å². The number of anilines is 2. The number of hydrogen-bond donors (Lipinski definition) is 1. The summed E-state index contributed by atoms with van der Waals surface area (Å²) < 4.78 is 0. The average Bonchev–Trinajstić information content (AvgIpc) is 2.87. The molecule has 180 valence electrons. The van der Waals surface area contributed by atoms with E-state index in [4.69, 9.17) is 4.99 Å². The van der Waals surface area contributed by atoms with Gasteiger partial charge in [-0.25, -0.2) is 9.97 Å². The largest absolute Gasteiger partial charge is 0.369 e. The lowest BCUT2D eigenvalue weighted by Gasteiger charge is -2.36. The fourth-order valence-corrected chi connectivity index (χ4v) is 4.35. The summed E-state index contributed by atoms with van der Waals surface area (Å²) in [6.45, 7) is 13.2. The molecule has 0 atom stereocenters. The Morgan fingerprint density at radius 2 is 1.55 bits per heavy atom. The van der Waals surface area contributed by atoms with Gasteiger partial charge >= 0.3 is 0 Å². The van der Waals surface area contributed by atoms with Gasteiger partial charge in [0.15, 0.2) is 5.96 Å². The zero-order chi connectivity index (χ0) is 22.0. The van der Waals surface area contributed by atoms with E-state index in [1.807, 2.05) is 18.5 Å². The van der Waals surface area contributed by atoms with Gasteiger partial charge < -0.3 is 20.0 Å². The molecule has 0 bridgehead atoms. The summed E-state index contributed by atoms with van der Waals surface area (Å²) in [6, 6.07) is 12.6. The number of aliphatic imine (C=N–C) groups is 1. The third kappa shape index (κ3) is 7.43. The van der Waals surface area contributed by atoms with Crippen LogP contribution >= 0.6 is 24.0 Å². The number of guanidine groups is 1. The van der Waals surface area contributed by atoms with Gasteiger partial charge in [-0.2, -0.15) is 0 Å². The zero-order valence-corrected chi connectivity index (χ0v) is 22.0. The Balaban J connectivity index is 0.00000306. The van der Waals surface area contributed by atoms with Gasteiger partial charge in [0.2, 0.25) is 5.95 Å². The van der Waals surface area contributed by atoms with Crippen LogP contribution in [0.2, 0.25) is 0 Å². The summed E-state index contributed by atoms with van der Waals surface area (Å²) in [5, 5.41) is 3.48. The van der Waals surface area contributed by atoms with E-state index >= 15 is 0 Å². The molecule has 4 rings (SSSR count). The molecule has 1 N–H and O–H groups in total. The van der Waals surface area contributed by atoms with Crippen LogP contribution in [0.5, 0.6) is 0 Å². The van der Waals surface area contributed by atoms with Crippen molar-refractivity contribution >= 4 is 41.6 Å². The van der Waals surface area contributed by atoms with E-state index in [0.29, 0.717) is 0 Å². The molecule has 2 aromatic rings. The molecule has 8 nitrogen and oxygen atoms in total. The van der Waals surface area contributed by atoms with Crippen molar-refractivity contribution in [3.8, 4) is 0 Å². The number of benzene rings is 1. The standard InChI is InChI=1S/C24H36N8.HI/c1-2-25-23(31-18-20-32(21-19-31)24-26-10-6-11-27-24)28-12-7-13-29-14-16-30(17-15-29)22-8-4-3-5-9-22;/h3-6,8-11H,2,7,12-21H2,1H3,(H,25,28);1H. The van der Waals surface area contributed by atoms with Gasteiger partial charge in [0, 0.05) is 90.1 Å². The fourth-order valence-electron chi connectivity index (χ4n) is 4.35. The SMILES string of the molecule is CCNC(=NCCCN1CCN(c2ccccc2)CC1)N1CCN(c2ncccn2)CC1.I. The second-order valence-electron chi connectivity index (χ2n) is 8.28. The van der Waals surface area contributed by atoms with Crippen LogP contribution in [0, 0.1) is 0 Å². The quantitative estimate of drug-likeness (QED) is 0.240. The average molecular weight is 565 g/mol. The summed E-state index contributed by atoms with van der Waals surface area (Å²) in [4.78, 5) is 23.3. The minimum Gasteiger partial charge on any atom is -0.369 e. The van der Waals surface area contributed by atoms with Crippen LogP contribution in [0.3, 0.4) is 0 Å². The molecule has 1 aromatic heterocycles. The van der Waals surface area contributed by atoms with Gasteiger partial charge in [-0.1, -0.05) is 18.2 Å². The molecule has 2 fully saturated rings. The fraction of sp³-hybridized carbons (Fsp3) is 0.542. The maximum atomic E-state index is 4.93. The van der Waals surface area contributed by atoms with Gasteiger partial charge in [-0.15, -0.1) is 24.0 Å². The Kier molecular flexibility index (Phi) is 10.5. The third-order valence-electron chi connectivity index (χ3n) is 6.14. The smallest absolute Gasteiger partial charge is 0.225 e. The van der Waals surface area contributed by atoms with Crippen LogP contribution in [-0.2, 0) is 0 Å². The van der Waals surface area contributed by atoms with E-state index in [1.165, 1.54) is 5.69 Å². The van der Waals surface area contributed by atoms with Crippen LogP contribution in [0.4, 0.5) is 11.6 Å². The van der Waals surface area contributed by atoms with Crippen molar-refractivity contribution in [2.24, 2.45) is 4.99 Å². The highest BCUT2D eigenvalue weighted by atomic mass is 127. The molecule has 0 radical (unpaired) electrons. The Morgan fingerprint density at radius 3 is 2.21 bits per heavy atom. The topological polar surface area (TPSA) is 63.1 Å². The molecule has 2 aliphatic rings. The van der Waals surface area contributed by atoms with Crippen molar-refractivity contribution in [3.63, 3.8) is 0 Å². The van der Waals surface area contributed by atoms with Crippen molar-refractivity contribution < 1.29 is 0 Å². The van der Waals surface area contributed by atoms with Crippen molar-refractivity contribution in [1.82, 2.24) is 25.1 Å². The highest BCUT2D eigenvalue weighted by Gasteiger charge is 2.21. The van der Waals surface area contributed by atoms with Crippen molar-refractivity contribution in [1.29, 1.82) is 0 Å². The van der Waals surface area contributed by atoms with Crippen molar-refractivity contribution in [2.45, 2.75) is 13.3 Å². The molecule has 0 saturated carbocycles. The van der Waals surface area contributed by atoms with Crippen LogP contribution in [0.1, 0.15) is 13.3 Å². The van der Waals surface area contributed by atoms with Gasteiger partial charge in [-0.05, 0) is 31.5 Å². The summed E-state index contributed by atoms with van der Waals surface area (Å²) in [5.74, 6) is 1.86. The van der Waals surface area contributed by atoms with Gasteiger partial charge in [-0.3, -0.25) is 9.89 Å². The first kappa shape index (κ1) is 25.5. The molecule has 9 heteroatoms. The number of piperazine rings is 2. The lowest BCUT2D eigenvalue weighted by atomic mass is 10.2. The van der Waals surface area contributed by atoms with E-state index < -0.39 is 0 Å². The van der Waals surface area contributed by atoms with Crippen LogP contribution in [-0.4, -0.2) is 97.7 Å². The number of nitrogens with zero attached hydrogens (tertiary/aromatic N) is 7. The van der Waals surface area contributed by atoms with E-state index in [9.17, 15) is 0 Å². The minimum atomic E-state index is 0. The van der Waals surface area contributed by atoms with Crippen molar-refractivity contribution in [3.05, 3.63) is 48.8 Å².